The molecule has 8 heteroatoms. The van der Waals surface area contributed by atoms with Crippen LogP contribution in [0.15, 0.2) is 18.2 Å². The van der Waals surface area contributed by atoms with Crippen molar-refractivity contribution in [2.45, 2.75) is 32.7 Å². The van der Waals surface area contributed by atoms with Gasteiger partial charge in [0, 0.05) is 26.1 Å². The van der Waals surface area contributed by atoms with Crippen LogP contribution in [0.4, 0.5) is 0 Å². The van der Waals surface area contributed by atoms with E-state index in [1.807, 2.05) is 6.07 Å². The predicted octanol–water partition coefficient (Wildman–Crippen LogP) is 1.51. The van der Waals surface area contributed by atoms with Gasteiger partial charge in [0.15, 0.2) is 18.1 Å². The zero-order valence-corrected chi connectivity index (χ0v) is 16.7. The number of carbonyl (C=O) groups excluding carboxylic acids is 3. The van der Waals surface area contributed by atoms with E-state index in [0.717, 1.165) is 12.0 Å². The minimum Gasteiger partial charge on any atom is -0.493 e. The number of rotatable bonds is 8. The van der Waals surface area contributed by atoms with Crippen LogP contribution in [0.5, 0.6) is 11.5 Å². The highest BCUT2D eigenvalue weighted by Gasteiger charge is 2.29. The molecule has 2 amide bonds. The average Bonchev–Trinajstić information content (AvgIpc) is 2.75. The van der Waals surface area contributed by atoms with Crippen LogP contribution in [-0.2, 0) is 25.7 Å². The van der Waals surface area contributed by atoms with Crippen molar-refractivity contribution in [2.75, 3.05) is 33.9 Å². The lowest BCUT2D eigenvalue weighted by atomic mass is 9.98. The van der Waals surface area contributed by atoms with Gasteiger partial charge in [-0.2, -0.15) is 0 Å². The van der Waals surface area contributed by atoms with Gasteiger partial charge in [0.05, 0.1) is 20.1 Å². The van der Waals surface area contributed by atoms with Gasteiger partial charge in [0.2, 0.25) is 5.91 Å². The number of likely N-dealkylation sites (tertiary alicyclic amines) is 1. The van der Waals surface area contributed by atoms with E-state index in [-0.39, 0.29) is 30.9 Å². The SMILES string of the molecule is CCC(=O)N1CCCC(C(=O)OCC(=O)NCc2ccc(OC)c(OC)c2)C1. The van der Waals surface area contributed by atoms with Crippen molar-refractivity contribution in [3.8, 4) is 11.5 Å². The second-order valence-corrected chi connectivity index (χ2v) is 6.61. The summed E-state index contributed by atoms with van der Waals surface area (Å²) in [7, 11) is 3.09. The summed E-state index contributed by atoms with van der Waals surface area (Å²) in [6.07, 6.45) is 1.84. The van der Waals surface area contributed by atoms with Crippen molar-refractivity contribution in [1.82, 2.24) is 10.2 Å². The lowest BCUT2D eigenvalue weighted by Crippen LogP contribution is -2.43. The highest BCUT2D eigenvalue weighted by molar-refractivity contribution is 5.82. The summed E-state index contributed by atoms with van der Waals surface area (Å²) in [5.41, 5.74) is 0.832. The summed E-state index contributed by atoms with van der Waals surface area (Å²) in [5.74, 6) is 0.0158. The molecule has 0 bridgehead atoms. The third-order valence-electron chi connectivity index (χ3n) is 4.69. The molecule has 8 nitrogen and oxygen atoms in total. The smallest absolute Gasteiger partial charge is 0.311 e. The summed E-state index contributed by atoms with van der Waals surface area (Å²) in [6, 6.07) is 5.34. The predicted molar refractivity (Wildman–Crippen MR) is 102 cm³/mol. The monoisotopic (exact) mass is 392 g/mol. The fourth-order valence-corrected chi connectivity index (χ4v) is 3.12. The van der Waals surface area contributed by atoms with E-state index in [2.05, 4.69) is 5.32 Å². The molecule has 1 aromatic rings. The van der Waals surface area contributed by atoms with Crippen LogP contribution in [0.3, 0.4) is 0 Å². The summed E-state index contributed by atoms with van der Waals surface area (Å²) in [6.45, 7) is 2.76. The maximum atomic E-state index is 12.2. The molecule has 0 aromatic heterocycles. The molecule has 1 aliphatic heterocycles. The van der Waals surface area contributed by atoms with E-state index >= 15 is 0 Å². The molecule has 0 saturated carbocycles. The van der Waals surface area contributed by atoms with Crippen LogP contribution < -0.4 is 14.8 Å². The van der Waals surface area contributed by atoms with Gasteiger partial charge in [-0.1, -0.05) is 13.0 Å². The molecular formula is C20H28N2O6. The molecule has 1 aliphatic rings. The van der Waals surface area contributed by atoms with Crippen molar-refractivity contribution >= 4 is 17.8 Å². The van der Waals surface area contributed by atoms with Crippen molar-refractivity contribution < 1.29 is 28.6 Å². The Labute approximate surface area is 165 Å². The molecule has 1 saturated heterocycles. The van der Waals surface area contributed by atoms with Crippen molar-refractivity contribution in [3.05, 3.63) is 23.8 Å². The van der Waals surface area contributed by atoms with Crippen LogP contribution in [-0.4, -0.2) is 56.6 Å². The number of benzene rings is 1. The van der Waals surface area contributed by atoms with E-state index < -0.39 is 5.97 Å². The Hall–Kier alpha value is -2.77. The Kier molecular flexibility index (Phi) is 8.10. The summed E-state index contributed by atoms with van der Waals surface area (Å²) < 4.78 is 15.5. The minimum atomic E-state index is -0.435. The summed E-state index contributed by atoms with van der Waals surface area (Å²) in [5, 5.41) is 2.71. The van der Waals surface area contributed by atoms with E-state index in [1.54, 1.807) is 38.2 Å². The Morgan fingerprint density at radius 3 is 2.61 bits per heavy atom. The number of nitrogens with zero attached hydrogens (tertiary/aromatic N) is 1. The maximum absolute atomic E-state index is 12.2. The molecule has 2 rings (SSSR count). The number of piperidine rings is 1. The minimum absolute atomic E-state index is 0.0326. The van der Waals surface area contributed by atoms with Gasteiger partial charge in [-0.3, -0.25) is 14.4 Å². The highest BCUT2D eigenvalue weighted by Crippen LogP contribution is 2.27. The fraction of sp³-hybridized carbons (Fsp3) is 0.550. The number of nitrogens with one attached hydrogen (secondary N) is 1. The first-order chi connectivity index (χ1) is 13.5. The van der Waals surface area contributed by atoms with Gasteiger partial charge in [-0.15, -0.1) is 0 Å². The molecule has 1 heterocycles. The van der Waals surface area contributed by atoms with Gasteiger partial charge in [0.25, 0.3) is 5.91 Å². The molecule has 28 heavy (non-hydrogen) atoms. The van der Waals surface area contributed by atoms with Crippen LogP contribution in [0.25, 0.3) is 0 Å². The maximum Gasteiger partial charge on any atom is 0.311 e. The van der Waals surface area contributed by atoms with Gasteiger partial charge in [0.1, 0.15) is 0 Å². The van der Waals surface area contributed by atoms with Crippen molar-refractivity contribution in [3.63, 3.8) is 0 Å². The lowest BCUT2D eigenvalue weighted by molar-refractivity contribution is -0.155. The zero-order chi connectivity index (χ0) is 20.5. The Balaban J connectivity index is 1.77. The number of esters is 1. The lowest BCUT2D eigenvalue weighted by Gasteiger charge is -2.31. The Bertz CT molecular complexity index is 706. The van der Waals surface area contributed by atoms with E-state index in [0.29, 0.717) is 37.4 Å². The topological polar surface area (TPSA) is 94.2 Å². The first-order valence-corrected chi connectivity index (χ1v) is 9.40. The van der Waals surface area contributed by atoms with Crippen LogP contribution in [0, 0.1) is 5.92 Å². The van der Waals surface area contributed by atoms with Gasteiger partial charge in [-0.05, 0) is 30.5 Å². The molecule has 1 atom stereocenters. The third kappa shape index (κ3) is 5.87. The molecule has 1 unspecified atom stereocenters. The molecule has 154 valence electrons. The third-order valence-corrected chi connectivity index (χ3v) is 4.69. The van der Waals surface area contributed by atoms with Crippen molar-refractivity contribution in [1.29, 1.82) is 0 Å². The normalized spacial score (nSPS) is 16.2. The van der Waals surface area contributed by atoms with Crippen LogP contribution in [0.2, 0.25) is 0 Å². The Morgan fingerprint density at radius 2 is 1.93 bits per heavy atom. The standard InChI is InChI=1S/C20H28N2O6/c1-4-19(24)22-9-5-6-15(12-22)20(25)28-13-18(23)21-11-14-7-8-16(26-2)17(10-14)27-3/h7-8,10,15H,4-6,9,11-13H2,1-3H3,(H,21,23). The first kappa shape index (κ1) is 21.5. The number of hydrogen-bond acceptors (Lipinski definition) is 6. The zero-order valence-electron chi connectivity index (χ0n) is 16.7. The molecule has 1 N–H and O–H groups in total. The van der Waals surface area contributed by atoms with E-state index in [9.17, 15) is 14.4 Å². The van der Waals surface area contributed by atoms with Crippen LogP contribution in [0.1, 0.15) is 31.7 Å². The average molecular weight is 392 g/mol. The molecule has 0 spiro atoms. The second-order valence-electron chi connectivity index (χ2n) is 6.61. The van der Waals surface area contributed by atoms with Crippen LogP contribution >= 0.6 is 0 Å². The largest absolute Gasteiger partial charge is 0.493 e. The van der Waals surface area contributed by atoms with Gasteiger partial charge < -0.3 is 24.4 Å². The first-order valence-electron chi connectivity index (χ1n) is 9.40. The molecule has 0 aliphatic carbocycles. The number of methoxy groups -OCH3 is 2. The van der Waals surface area contributed by atoms with Crippen molar-refractivity contribution in [2.24, 2.45) is 5.92 Å². The quantitative estimate of drug-likeness (QED) is 0.674. The second kappa shape index (κ2) is 10.5. The van der Waals surface area contributed by atoms with E-state index in [1.165, 1.54) is 0 Å². The number of carbonyl (C=O) groups is 3. The summed E-state index contributed by atoms with van der Waals surface area (Å²) in [4.78, 5) is 37.7. The Morgan fingerprint density at radius 1 is 1.18 bits per heavy atom. The summed E-state index contributed by atoms with van der Waals surface area (Å²) >= 11 is 0. The molecular weight excluding hydrogens is 364 g/mol. The molecule has 1 fully saturated rings. The molecule has 1 aromatic carbocycles. The fourth-order valence-electron chi connectivity index (χ4n) is 3.12. The number of ether oxygens (including phenoxy) is 3. The van der Waals surface area contributed by atoms with E-state index in [4.69, 9.17) is 14.2 Å². The number of amides is 2. The van der Waals surface area contributed by atoms with Gasteiger partial charge >= 0.3 is 5.97 Å². The molecule has 0 radical (unpaired) electrons. The number of hydrogen-bond donors (Lipinski definition) is 1. The van der Waals surface area contributed by atoms with Gasteiger partial charge in [-0.25, -0.2) is 0 Å². The highest BCUT2D eigenvalue weighted by atomic mass is 16.5.